The molecule has 0 bridgehead atoms. The average molecular weight is 419 g/mol. The van der Waals surface area contributed by atoms with Crippen molar-refractivity contribution in [2.75, 3.05) is 0 Å². The highest BCUT2D eigenvalue weighted by molar-refractivity contribution is 5.66. The fourth-order valence-electron chi connectivity index (χ4n) is 4.10. The van der Waals surface area contributed by atoms with Crippen molar-refractivity contribution in [3.63, 3.8) is 0 Å². The number of aryl methyl sites for hydroxylation is 1. The maximum Gasteiger partial charge on any atom is 0.303 e. The Balaban J connectivity index is 2.49. The summed E-state index contributed by atoms with van der Waals surface area (Å²) in [5, 5.41) is 17.4. The van der Waals surface area contributed by atoms with Gasteiger partial charge in [0, 0.05) is 12.8 Å². The van der Waals surface area contributed by atoms with Crippen LogP contribution in [0, 0.1) is 5.92 Å². The largest absolute Gasteiger partial charge is 0.481 e. The third-order valence-corrected chi connectivity index (χ3v) is 5.65. The molecule has 170 valence electrons. The standard InChI is InChI=1S/C26H42O4/c1-21(2)20-23-16-13-15-22(14-9-5-3-7-11-18-25(27)28)24(23)17-10-6-4-8-12-19-26(29)30/h13,15-16,21H,3-12,14,17-20H2,1-2H3,(H,27,28)(H,29,30). The minimum atomic E-state index is -0.691. The number of benzene rings is 1. The summed E-state index contributed by atoms with van der Waals surface area (Å²) >= 11 is 0. The van der Waals surface area contributed by atoms with Gasteiger partial charge in [-0.1, -0.05) is 70.6 Å². The van der Waals surface area contributed by atoms with Gasteiger partial charge < -0.3 is 10.2 Å². The Hall–Kier alpha value is -1.84. The molecule has 0 saturated carbocycles. The quantitative estimate of drug-likeness (QED) is 0.256. The Labute approximate surface area is 183 Å². The lowest BCUT2D eigenvalue weighted by atomic mass is 9.89. The average Bonchev–Trinajstić information content (AvgIpc) is 2.67. The number of carboxylic acids is 2. The molecule has 0 aliphatic heterocycles. The fourth-order valence-corrected chi connectivity index (χ4v) is 4.10. The van der Waals surface area contributed by atoms with Crippen LogP contribution in [0.15, 0.2) is 18.2 Å². The Morgan fingerprint density at radius 3 is 1.70 bits per heavy atom. The van der Waals surface area contributed by atoms with Crippen molar-refractivity contribution in [2.24, 2.45) is 5.92 Å². The summed E-state index contributed by atoms with van der Waals surface area (Å²) in [7, 11) is 0. The van der Waals surface area contributed by atoms with Crippen LogP contribution in [0.1, 0.15) is 108 Å². The number of hydrogen-bond acceptors (Lipinski definition) is 2. The molecule has 0 unspecified atom stereocenters. The van der Waals surface area contributed by atoms with Crippen LogP contribution < -0.4 is 0 Å². The van der Waals surface area contributed by atoms with Gasteiger partial charge in [-0.3, -0.25) is 9.59 Å². The normalized spacial score (nSPS) is 11.2. The molecule has 0 aliphatic rings. The Bertz CT molecular complexity index is 621. The third-order valence-electron chi connectivity index (χ3n) is 5.65. The summed E-state index contributed by atoms with van der Waals surface area (Å²) < 4.78 is 0. The van der Waals surface area contributed by atoms with Gasteiger partial charge in [0.1, 0.15) is 0 Å². The molecule has 0 radical (unpaired) electrons. The lowest BCUT2D eigenvalue weighted by molar-refractivity contribution is -0.138. The van der Waals surface area contributed by atoms with E-state index in [-0.39, 0.29) is 12.8 Å². The second-order valence-electron chi connectivity index (χ2n) is 8.98. The molecule has 0 spiro atoms. The van der Waals surface area contributed by atoms with Gasteiger partial charge >= 0.3 is 11.9 Å². The maximum atomic E-state index is 10.6. The Kier molecular flexibility index (Phi) is 13.9. The first-order valence-corrected chi connectivity index (χ1v) is 11.9. The van der Waals surface area contributed by atoms with E-state index >= 15 is 0 Å². The summed E-state index contributed by atoms with van der Waals surface area (Å²) in [5.41, 5.74) is 4.53. The summed E-state index contributed by atoms with van der Waals surface area (Å²) in [6, 6.07) is 6.78. The smallest absolute Gasteiger partial charge is 0.303 e. The van der Waals surface area contributed by atoms with Gasteiger partial charge in [0.15, 0.2) is 0 Å². The molecule has 4 nitrogen and oxygen atoms in total. The van der Waals surface area contributed by atoms with E-state index in [1.165, 1.54) is 30.4 Å². The molecular formula is C26H42O4. The highest BCUT2D eigenvalue weighted by Gasteiger charge is 2.10. The van der Waals surface area contributed by atoms with E-state index in [1.54, 1.807) is 5.56 Å². The molecule has 0 amide bonds. The summed E-state index contributed by atoms with van der Waals surface area (Å²) in [4.78, 5) is 21.2. The van der Waals surface area contributed by atoms with E-state index in [0.717, 1.165) is 64.2 Å². The zero-order valence-electron chi connectivity index (χ0n) is 19.1. The fraction of sp³-hybridized carbons (Fsp3) is 0.692. The van der Waals surface area contributed by atoms with E-state index in [1.807, 2.05) is 0 Å². The number of unbranched alkanes of at least 4 members (excludes halogenated alkanes) is 8. The van der Waals surface area contributed by atoms with Crippen LogP contribution in [0.25, 0.3) is 0 Å². The first-order valence-electron chi connectivity index (χ1n) is 11.9. The van der Waals surface area contributed by atoms with E-state index in [9.17, 15) is 9.59 Å². The van der Waals surface area contributed by atoms with Crippen LogP contribution in [0.2, 0.25) is 0 Å². The molecule has 30 heavy (non-hydrogen) atoms. The number of aliphatic carboxylic acids is 2. The number of rotatable bonds is 18. The van der Waals surface area contributed by atoms with Crippen molar-refractivity contribution in [1.29, 1.82) is 0 Å². The number of carbonyl (C=O) groups is 2. The van der Waals surface area contributed by atoms with Crippen molar-refractivity contribution in [3.8, 4) is 0 Å². The number of hydrogen-bond donors (Lipinski definition) is 2. The zero-order chi connectivity index (χ0) is 22.2. The second kappa shape index (κ2) is 15.9. The molecule has 0 aliphatic carbocycles. The van der Waals surface area contributed by atoms with Crippen LogP contribution in [0.5, 0.6) is 0 Å². The van der Waals surface area contributed by atoms with Crippen LogP contribution in [0.4, 0.5) is 0 Å². The Morgan fingerprint density at radius 1 is 0.700 bits per heavy atom. The van der Waals surface area contributed by atoms with E-state index in [4.69, 9.17) is 10.2 Å². The molecule has 4 heteroatoms. The SMILES string of the molecule is CC(C)Cc1cccc(CCCCCCCC(=O)O)c1CCCCCCCC(=O)O. The third kappa shape index (κ3) is 12.7. The second-order valence-corrected chi connectivity index (χ2v) is 8.98. The molecule has 2 N–H and O–H groups in total. The summed E-state index contributed by atoms with van der Waals surface area (Å²) in [6.07, 6.45) is 14.4. The van der Waals surface area contributed by atoms with Gasteiger partial charge in [-0.15, -0.1) is 0 Å². The molecule has 0 aromatic heterocycles. The van der Waals surface area contributed by atoms with Crippen LogP contribution in [-0.4, -0.2) is 22.2 Å². The van der Waals surface area contributed by atoms with Gasteiger partial charge in [0.2, 0.25) is 0 Å². The van der Waals surface area contributed by atoms with Gasteiger partial charge in [0.25, 0.3) is 0 Å². The maximum absolute atomic E-state index is 10.6. The minimum Gasteiger partial charge on any atom is -0.481 e. The summed E-state index contributed by atoms with van der Waals surface area (Å²) in [5.74, 6) is -0.739. The molecule has 1 rings (SSSR count). The topological polar surface area (TPSA) is 74.6 Å². The zero-order valence-corrected chi connectivity index (χ0v) is 19.1. The predicted molar refractivity (Wildman–Crippen MR) is 123 cm³/mol. The highest BCUT2D eigenvalue weighted by Crippen LogP contribution is 2.23. The molecule has 0 atom stereocenters. The van der Waals surface area contributed by atoms with Gasteiger partial charge in [-0.2, -0.15) is 0 Å². The van der Waals surface area contributed by atoms with Crippen molar-refractivity contribution in [3.05, 3.63) is 34.9 Å². The van der Waals surface area contributed by atoms with Crippen molar-refractivity contribution in [1.82, 2.24) is 0 Å². The van der Waals surface area contributed by atoms with Gasteiger partial charge in [0.05, 0.1) is 0 Å². The predicted octanol–water partition coefficient (Wildman–Crippen LogP) is 6.82. The molecule has 0 heterocycles. The lowest BCUT2D eigenvalue weighted by Crippen LogP contribution is -2.04. The molecule has 1 aromatic carbocycles. The molecule has 1 aromatic rings. The van der Waals surface area contributed by atoms with E-state index < -0.39 is 11.9 Å². The van der Waals surface area contributed by atoms with Gasteiger partial charge in [-0.05, 0) is 67.6 Å². The first-order chi connectivity index (χ1) is 14.4. The first kappa shape index (κ1) is 26.2. The van der Waals surface area contributed by atoms with Crippen LogP contribution in [0.3, 0.4) is 0 Å². The van der Waals surface area contributed by atoms with Crippen LogP contribution in [-0.2, 0) is 28.9 Å². The van der Waals surface area contributed by atoms with Crippen molar-refractivity contribution in [2.45, 2.75) is 110 Å². The number of carboxylic acid groups (broad SMARTS) is 2. The highest BCUT2D eigenvalue weighted by atomic mass is 16.4. The summed E-state index contributed by atoms with van der Waals surface area (Å²) in [6.45, 7) is 4.55. The van der Waals surface area contributed by atoms with E-state index in [2.05, 4.69) is 32.0 Å². The molecular weight excluding hydrogens is 376 g/mol. The van der Waals surface area contributed by atoms with Crippen molar-refractivity contribution < 1.29 is 19.8 Å². The molecule has 0 fully saturated rings. The lowest BCUT2D eigenvalue weighted by Gasteiger charge is -2.17. The van der Waals surface area contributed by atoms with Gasteiger partial charge in [-0.25, -0.2) is 0 Å². The Morgan fingerprint density at radius 2 is 1.17 bits per heavy atom. The molecule has 0 saturated heterocycles. The van der Waals surface area contributed by atoms with Crippen molar-refractivity contribution >= 4 is 11.9 Å². The van der Waals surface area contributed by atoms with E-state index in [0.29, 0.717) is 5.92 Å². The monoisotopic (exact) mass is 418 g/mol. The van der Waals surface area contributed by atoms with Crippen LogP contribution >= 0.6 is 0 Å². The minimum absolute atomic E-state index is 0.289.